The fourth-order valence-electron chi connectivity index (χ4n) is 4.36. The molecule has 0 spiro atoms. The highest BCUT2D eigenvalue weighted by Gasteiger charge is 2.23. The second-order valence-electron chi connectivity index (χ2n) is 8.95. The summed E-state index contributed by atoms with van der Waals surface area (Å²) in [7, 11) is 1.85. The quantitative estimate of drug-likeness (QED) is 0.127. The Labute approximate surface area is 233 Å². The Hall–Kier alpha value is -4.43. The molecule has 0 aliphatic heterocycles. The summed E-state index contributed by atoms with van der Waals surface area (Å²) in [6, 6.07) is 21.4. The minimum absolute atomic E-state index is 0. The molecule has 9 heteroatoms. The number of ketones is 1. The van der Waals surface area contributed by atoms with Gasteiger partial charge >= 0.3 is 5.97 Å². The number of aromatic nitrogens is 1. The first-order valence-corrected chi connectivity index (χ1v) is 12.4. The topological polar surface area (TPSA) is 118 Å². The van der Waals surface area contributed by atoms with Gasteiger partial charge in [0.1, 0.15) is 12.4 Å². The number of hydrogen-bond donors (Lipinski definition) is 2. The second-order valence-corrected chi connectivity index (χ2v) is 8.95. The molecule has 0 radical (unpaired) electrons. The molecule has 0 saturated heterocycles. The number of anilines is 1. The van der Waals surface area contributed by atoms with Crippen LogP contribution in [0, 0.1) is 5.41 Å². The summed E-state index contributed by atoms with van der Waals surface area (Å²) in [6.07, 6.45) is 2.68. The van der Waals surface area contributed by atoms with Gasteiger partial charge in [-0.1, -0.05) is 48.5 Å². The molecule has 0 fully saturated rings. The lowest BCUT2D eigenvalue weighted by Crippen LogP contribution is -2.36. The van der Waals surface area contributed by atoms with Crippen LogP contribution in [0.4, 0.5) is 5.69 Å². The molecule has 4 aromatic rings. The lowest BCUT2D eigenvalue weighted by molar-refractivity contribution is -0.141. The molecular formula is C30H31ClN4O4. The van der Waals surface area contributed by atoms with Crippen molar-refractivity contribution in [1.29, 1.82) is 5.41 Å². The maximum atomic E-state index is 13.3. The summed E-state index contributed by atoms with van der Waals surface area (Å²) >= 11 is 0. The van der Waals surface area contributed by atoms with E-state index in [1.807, 2.05) is 41.9 Å². The Bertz CT molecular complexity index is 1500. The maximum Gasteiger partial charge on any atom is 0.326 e. The summed E-state index contributed by atoms with van der Waals surface area (Å²) in [4.78, 5) is 40.2. The lowest BCUT2D eigenvalue weighted by Gasteiger charge is -2.22. The number of amidine groups is 1. The van der Waals surface area contributed by atoms with Gasteiger partial charge in [-0.3, -0.25) is 24.7 Å². The van der Waals surface area contributed by atoms with Crippen molar-refractivity contribution in [2.45, 2.75) is 19.8 Å². The maximum absolute atomic E-state index is 13.3. The SMILES string of the molecule is CCOC(=O)CN(C(=O)c1ccccc1)c1ccc2c(C(=O)CCc3ccc(C(=N)N)cc3)cn(C)c2c1.Cl. The van der Waals surface area contributed by atoms with Gasteiger partial charge in [0.25, 0.3) is 5.91 Å². The number of nitrogen functional groups attached to an aromatic ring is 1. The van der Waals surface area contributed by atoms with Crippen molar-refractivity contribution in [3.63, 3.8) is 0 Å². The minimum atomic E-state index is -0.504. The van der Waals surface area contributed by atoms with E-state index in [4.69, 9.17) is 15.9 Å². The molecule has 1 amide bonds. The predicted octanol–water partition coefficient (Wildman–Crippen LogP) is 4.91. The Balaban J connectivity index is 0.00000420. The van der Waals surface area contributed by atoms with E-state index in [1.165, 1.54) is 4.90 Å². The molecule has 1 heterocycles. The zero-order valence-electron chi connectivity index (χ0n) is 21.8. The number of nitrogens with one attached hydrogen (secondary N) is 1. The van der Waals surface area contributed by atoms with Crippen molar-refractivity contribution in [1.82, 2.24) is 4.57 Å². The van der Waals surface area contributed by atoms with Crippen molar-refractivity contribution in [3.8, 4) is 0 Å². The summed E-state index contributed by atoms with van der Waals surface area (Å²) < 4.78 is 6.96. The number of carbonyl (C=O) groups is 3. The zero-order chi connectivity index (χ0) is 27.2. The van der Waals surface area contributed by atoms with Crippen LogP contribution in [0.15, 0.2) is 79.0 Å². The van der Waals surface area contributed by atoms with E-state index in [9.17, 15) is 14.4 Å². The number of benzene rings is 3. The molecule has 0 aliphatic carbocycles. The van der Waals surface area contributed by atoms with Crippen molar-refractivity contribution in [2.75, 3.05) is 18.1 Å². The standard InChI is InChI=1S/C30H30N4O4.ClH/c1-3-38-28(36)19-34(30(37)22-7-5-4-6-8-22)23-14-15-24-25(18-33(2)26(24)17-23)27(35)16-11-20-9-12-21(13-10-20)29(31)32;/h4-10,12-15,17-18H,3,11,16,19H2,1-2H3,(H3,31,32);1H. The van der Waals surface area contributed by atoms with E-state index in [0.29, 0.717) is 35.2 Å². The molecule has 39 heavy (non-hydrogen) atoms. The molecule has 8 nitrogen and oxygen atoms in total. The van der Waals surface area contributed by atoms with Gasteiger partial charge in [0.15, 0.2) is 5.78 Å². The van der Waals surface area contributed by atoms with Crippen LogP contribution in [-0.2, 0) is 23.0 Å². The first-order valence-electron chi connectivity index (χ1n) is 12.4. The van der Waals surface area contributed by atoms with Crippen molar-refractivity contribution >= 4 is 52.5 Å². The molecule has 3 aromatic carbocycles. The highest BCUT2D eigenvalue weighted by molar-refractivity contribution is 6.11. The Morgan fingerprint density at radius 1 is 0.974 bits per heavy atom. The number of amides is 1. The van der Waals surface area contributed by atoms with Gasteiger partial charge in [-0.05, 0) is 43.2 Å². The third-order valence-electron chi connectivity index (χ3n) is 6.35. The van der Waals surface area contributed by atoms with Crippen LogP contribution in [-0.4, -0.2) is 41.2 Å². The smallest absolute Gasteiger partial charge is 0.326 e. The van der Waals surface area contributed by atoms with Crippen LogP contribution in [0.3, 0.4) is 0 Å². The van der Waals surface area contributed by atoms with Gasteiger partial charge in [0.05, 0.1) is 12.1 Å². The summed E-state index contributed by atoms with van der Waals surface area (Å²) in [5.41, 5.74) is 9.50. The summed E-state index contributed by atoms with van der Waals surface area (Å²) in [6.45, 7) is 1.71. The van der Waals surface area contributed by atoms with E-state index in [-0.39, 0.29) is 43.1 Å². The minimum Gasteiger partial charge on any atom is -0.465 e. The normalized spacial score (nSPS) is 10.5. The molecule has 0 aliphatic rings. The number of halogens is 1. The lowest BCUT2D eigenvalue weighted by atomic mass is 10.0. The van der Waals surface area contributed by atoms with Crippen LogP contribution in [0.25, 0.3) is 10.9 Å². The number of Topliss-reactive ketones (excluding diaryl/α,β-unsaturated/α-hetero) is 1. The van der Waals surface area contributed by atoms with E-state index >= 15 is 0 Å². The van der Waals surface area contributed by atoms with Gasteiger partial charge < -0.3 is 15.0 Å². The van der Waals surface area contributed by atoms with Gasteiger partial charge in [0.2, 0.25) is 0 Å². The average molecular weight is 547 g/mol. The fourth-order valence-corrected chi connectivity index (χ4v) is 4.36. The largest absolute Gasteiger partial charge is 0.465 e. The highest BCUT2D eigenvalue weighted by atomic mass is 35.5. The van der Waals surface area contributed by atoms with E-state index in [2.05, 4.69) is 0 Å². The van der Waals surface area contributed by atoms with Crippen molar-refractivity contribution in [3.05, 3.63) is 101 Å². The first-order chi connectivity index (χ1) is 18.3. The molecule has 0 atom stereocenters. The van der Waals surface area contributed by atoms with Crippen molar-refractivity contribution < 1.29 is 19.1 Å². The molecule has 4 rings (SSSR count). The highest BCUT2D eigenvalue weighted by Crippen LogP contribution is 2.28. The Kier molecular flexibility index (Phi) is 9.62. The van der Waals surface area contributed by atoms with Crippen molar-refractivity contribution in [2.24, 2.45) is 12.8 Å². The first kappa shape index (κ1) is 29.1. The molecule has 1 aromatic heterocycles. The third kappa shape index (κ3) is 6.72. The van der Waals surface area contributed by atoms with Crippen LogP contribution < -0.4 is 10.6 Å². The fraction of sp³-hybridized carbons (Fsp3) is 0.200. The third-order valence-corrected chi connectivity index (χ3v) is 6.35. The van der Waals surface area contributed by atoms with E-state index < -0.39 is 5.97 Å². The molecular weight excluding hydrogens is 516 g/mol. The number of fused-ring (bicyclic) bond motifs is 1. The van der Waals surface area contributed by atoms with Crippen LogP contribution >= 0.6 is 12.4 Å². The van der Waals surface area contributed by atoms with Crippen LogP contribution in [0.5, 0.6) is 0 Å². The van der Waals surface area contributed by atoms with Gasteiger partial charge in [0, 0.05) is 47.4 Å². The zero-order valence-corrected chi connectivity index (χ0v) is 22.7. The number of nitrogens with two attached hydrogens (primary N) is 1. The van der Waals surface area contributed by atoms with Gasteiger partial charge in [-0.2, -0.15) is 0 Å². The molecule has 0 unspecified atom stereocenters. The summed E-state index contributed by atoms with van der Waals surface area (Å²) in [5.74, 6) is -0.813. The molecule has 3 N–H and O–H groups in total. The number of aryl methyl sites for hydroxylation is 2. The molecule has 0 saturated carbocycles. The van der Waals surface area contributed by atoms with Crippen LogP contribution in [0.2, 0.25) is 0 Å². The monoisotopic (exact) mass is 546 g/mol. The number of hydrogen-bond acceptors (Lipinski definition) is 5. The number of esters is 1. The second kappa shape index (κ2) is 12.9. The number of carbonyl (C=O) groups excluding carboxylic acids is 3. The van der Waals surface area contributed by atoms with Crippen LogP contribution in [0.1, 0.15) is 45.2 Å². The number of rotatable bonds is 10. The number of ether oxygens (including phenoxy) is 1. The Morgan fingerprint density at radius 3 is 2.31 bits per heavy atom. The van der Waals surface area contributed by atoms with E-state index in [0.717, 1.165) is 16.5 Å². The van der Waals surface area contributed by atoms with Gasteiger partial charge in [-0.25, -0.2) is 0 Å². The van der Waals surface area contributed by atoms with E-state index in [1.54, 1.807) is 55.6 Å². The molecule has 0 bridgehead atoms. The Morgan fingerprint density at radius 2 is 1.67 bits per heavy atom. The number of nitrogens with zero attached hydrogens (tertiary/aromatic N) is 2. The van der Waals surface area contributed by atoms with Gasteiger partial charge in [-0.15, -0.1) is 12.4 Å². The molecule has 202 valence electrons. The summed E-state index contributed by atoms with van der Waals surface area (Å²) in [5, 5.41) is 8.28. The average Bonchev–Trinajstić information content (AvgIpc) is 3.26. The predicted molar refractivity (Wildman–Crippen MR) is 155 cm³/mol.